The van der Waals surface area contributed by atoms with E-state index < -0.39 is 34.3 Å². The number of halogens is 1. The van der Waals surface area contributed by atoms with Crippen LogP contribution in [0.5, 0.6) is 0 Å². The number of hydrogen-bond acceptors (Lipinski definition) is 4. The van der Waals surface area contributed by atoms with Gasteiger partial charge in [-0.3, -0.25) is 13.9 Å². The number of nitrogens with zero attached hydrogens (tertiary/aromatic N) is 2. The van der Waals surface area contributed by atoms with E-state index in [9.17, 15) is 22.4 Å². The number of hydrogen-bond donors (Lipinski definition) is 1. The van der Waals surface area contributed by atoms with Gasteiger partial charge in [-0.2, -0.15) is 0 Å². The maximum absolute atomic E-state index is 14.7. The number of nitrogens with one attached hydrogen (secondary N) is 1. The molecular weight excluding hydrogens is 517 g/mol. The predicted molar refractivity (Wildman–Crippen MR) is 152 cm³/mol. The van der Waals surface area contributed by atoms with Crippen LogP contribution < -0.4 is 9.62 Å². The van der Waals surface area contributed by atoms with E-state index in [2.05, 4.69) is 5.32 Å². The smallest absolute Gasteiger partial charge is 0.244 e. The molecule has 0 spiro atoms. The van der Waals surface area contributed by atoms with Crippen LogP contribution >= 0.6 is 0 Å². The standard InChI is InChI=1S/C30H36FN3O4S/c1-5-23(3)32-30(36)28(19-24-14-7-6-8-15-24)33(20-25-16-10-9-13-22(25)2)29(35)21-34(39(4,37)38)27-18-12-11-17-26(27)31/h6-18,23,28H,5,19-21H2,1-4H3,(H,32,36)/t23-,28-/m1/s1. The van der Waals surface area contributed by atoms with Gasteiger partial charge in [0.2, 0.25) is 21.8 Å². The molecule has 3 aromatic rings. The van der Waals surface area contributed by atoms with E-state index in [1.807, 2.05) is 75.4 Å². The van der Waals surface area contributed by atoms with E-state index in [0.717, 1.165) is 33.3 Å². The van der Waals surface area contributed by atoms with Gasteiger partial charge in [0.1, 0.15) is 18.4 Å². The lowest BCUT2D eigenvalue weighted by atomic mass is 10.0. The Balaban J connectivity index is 2.08. The number of rotatable bonds is 12. The molecule has 1 N–H and O–H groups in total. The van der Waals surface area contributed by atoms with E-state index in [1.54, 1.807) is 0 Å². The molecule has 0 aliphatic rings. The molecule has 9 heteroatoms. The summed E-state index contributed by atoms with van der Waals surface area (Å²) in [5.74, 6) is -1.73. The van der Waals surface area contributed by atoms with Gasteiger partial charge in [-0.05, 0) is 49.1 Å². The lowest BCUT2D eigenvalue weighted by Gasteiger charge is -2.34. The second-order valence-electron chi connectivity index (χ2n) is 9.69. The largest absolute Gasteiger partial charge is 0.352 e. The second-order valence-corrected chi connectivity index (χ2v) is 11.6. The maximum atomic E-state index is 14.7. The first-order valence-electron chi connectivity index (χ1n) is 12.9. The topological polar surface area (TPSA) is 86.8 Å². The highest BCUT2D eigenvalue weighted by atomic mass is 32.2. The Labute approximate surface area is 230 Å². The Morgan fingerprint density at radius 1 is 0.949 bits per heavy atom. The molecule has 0 saturated carbocycles. The molecule has 0 aliphatic heterocycles. The average Bonchev–Trinajstić information content (AvgIpc) is 2.90. The first kappa shape index (κ1) is 29.8. The summed E-state index contributed by atoms with van der Waals surface area (Å²) in [7, 11) is -4.03. The van der Waals surface area contributed by atoms with E-state index in [4.69, 9.17) is 0 Å². The fraction of sp³-hybridized carbons (Fsp3) is 0.333. The normalized spacial score (nSPS) is 12.8. The number of anilines is 1. The summed E-state index contributed by atoms with van der Waals surface area (Å²) in [6, 6.07) is 21.2. The van der Waals surface area contributed by atoms with Crippen LogP contribution in [0.2, 0.25) is 0 Å². The van der Waals surface area contributed by atoms with Crippen molar-refractivity contribution in [3.05, 3.63) is 101 Å². The summed E-state index contributed by atoms with van der Waals surface area (Å²) in [6.45, 7) is 5.16. The summed E-state index contributed by atoms with van der Waals surface area (Å²) in [4.78, 5) is 29.1. The van der Waals surface area contributed by atoms with Gasteiger partial charge < -0.3 is 10.2 Å². The van der Waals surface area contributed by atoms with Crippen molar-refractivity contribution in [3.8, 4) is 0 Å². The minimum absolute atomic E-state index is 0.0752. The fourth-order valence-corrected chi connectivity index (χ4v) is 5.07. The van der Waals surface area contributed by atoms with Gasteiger partial charge in [0, 0.05) is 19.0 Å². The molecule has 0 heterocycles. The number of para-hydroxylation sites is 1. The number of carbonyl (C=O) groups is 2. The van der Waals surface area contributed by atoms with Crippen LogP contribution in [0, 0.1) is 12.7 Å². The molecule has 2 amide bonds. The first-order chi connectivity index (χ1) is 18.5. The van der Waals surface area contributed by atoms with Gasteiger partial charge in [0.25, 0.3) is 0 Å². The third-order valence-electron chi connectivity index (χ3n) is 6.67. The van der Waals surface area contributed by atoms with Gasteiger partial charge in [0.05, 0.1) is 11.9 Å². The zero-order chi connectivity index (χ0) is 28.6. The van der Waals surface area contributed by atoms with Crippen LogP contribution in [0.3, 0.4) is 0 Å². The fourth-order valence-electron chi connectivity index (χ4n) is 4.21. The Morgan fingerprint density at radius 2 is 1.56 bits per heavy atom. The zero-order valence-electron chi connectivity index (χ0n) is 22.8. The monoisotopic (exact) mass is 553 g/mol. The molecule has 3 aromatic carbocycles. The lowest BCUT2D eigenvalue weighted by Crippen LogP contribution is -2.54. The first-order valence-corrected chi connectivity index (χ1v) is 14.8. The van der Waals surface area contributed by atoms with Crippen molar-refractivity contribution in [2.45, 2.75) is 52.2 Å². The summed E-state index contributed by atoms with van der Waals surface area (Å²) in [5.41, 5.74) is 2.36. The highest BCUT2D eigenvalue weighted by Crippen LogP contribution is 2.23. The van der Waals surface area contributed by atoms with Crippen molar-refractivity contribution in [3.63, 3.8) is 0 Å². The number of carbonyl (C=O) groups excluding carboxylic acids is 2. The molecule has 3 rings (SSSR count). The molecule has 7 nitrogen and oxygen atoms in total. The molecular formula is C30H36FN3O4S. The van der Waals surface area contributed by atoms with Crippen LogP contribution in [-0.4, -0.2) is 50.0 Å². The van der Waals surface area contributed by atoms with Crippen molar-refractivity contribution in [2.24, 2.45) is 0 Å². The number of aryl methyl sites for hydroxylation is 1. The van der Waals surface area contributed by atoms with E-state index >= 15 is 0 Å². The van der Waals surface area contributed by atoms with Crippen molar-refractivity contribution in [2.75, 3.05) is 17.1 Å². The number of amides is 2. The third-order valence-corrected chi connectivity index (χ3v) is 7.80. The minimum Gasteiger partial charge on any atom is -0.352 e. The number of benzene rings is 3. The van der Waals surface area contributed by atoms with Gasteiger partial charge in [-0.15, -0.1) is 0 Å². The molecule has 0 aliphatic carbocycles. The molecule has 0 fully saturated rings. The Kier molecular flexibility index (Phi) is 10.2. The summed E-state index contributed by atoms with van der Waals surface area (Å²) >= 11 is 0. The molecule has 208 valence electrons. The van der Waals surface area contributed by atoms with Crippen molar-refractivity contribution >= 4 is 27.5 Å². The quantitative estimate of drug-likeness (QED) is 0.359. The van der Waals surface area contributed by atoms with Crippen LogP contribution in [0.4, 0.5) is 10.1 Å². The van der Waals surface area contributed by atoms with Crippen molar-refractivity contribution < 1.29 is 22.4 Å². The number of sulfonamides is 1. The van der Waals surface area contributed by atoms with Crippen LogP contribution in [-0.2, 0) is 32.6 Å². The highest BCUT2D eigenvalue weighted by Gasteiger charge is 2.34. The zero-order valence-corrected chi connectivity index (χ0v) is 23.6. The van der Waals surface area contributed by atoms with Crippen LogP contribution in [0.25, 0.3) is 0 Å². The lowest BCUT2D eigenvalue weighted by molar-refractivity contribution is -0.140. The summed E-state index contributed by atoms with van der Waals surface area (Å²) < 4.78 is 40.9. The second kappa shape index (κ2) is 13.4. The van der Waals surface area contributed by atoms with Gasteiger partial charge in [-0.1, -0.05) is 73.7 Å². The van der Waals surface area contributed by atoms with Gasteiger partial charge in [0.15, 0.2) is 0 Å². The maximum Gasteiger partial charge on any atom is 0.244 e. The van der Waals surface area contributed by atoms with Crippen molar-refractivity contribution in [1.29, 1.82) is 0 Å². The molecule has 2 atom stereocenters. The van der Waals surface area contributed by atoms with E-state index in [-0.39, 0.29) is 30.6 Å². The molecule has 39 heavy (non-hydrogen) atoms. The molecule has 0 radical (unpaired) electrons. The van der Waals surface area contributed by atoms with Crippen LogP contribution in [0.15, 0.2) is 78.9 Å². The Bertz CT molecular complexity index is 1380. The van der Waals surface area contributed by atoms with E-state index in [1.165, 1.54) is 23.1 Å². The SMILES string of the molecule is CC[C@@H](C)NC(=O)[C@@H](Cc1ccccc1)N(Cc1ccccc1C)C(=O)CN(c1ccccc1F)S(C)(=O)=O. The predicted octanol–water partition coefficient (Wildman–Crippen LogP) is 4.45. The van der Waals surface area contributed by atoms with Crippen molar-refractivity contribution in [1.82, 2.24) is 10.2 Å². The molecule has 0 unspecified atom stereocenters. The van der Waals surface area contributed by atoms with Gasteiger partial charge >= 0.3 is 0 Å². The average molecular weight is 554 g/mol. The minimum atomic E-state index is -4.03. The van der Waals surface area contributed by atoms with E-state index in [0.29, 0.717) is 6.42 Å². The van der Waals surface area contributed by atoms with Gasteiger partial charge in [-0.25, -0.2) is 12.8 Å². The molecule has 0 bridgehead atoms. The Morgan fingerprint density at radius 3 is 2.18 bits per heavy atom. The molecule has 0 saturated heterocycles. The Hall–Kier alpha value is -3.72. The highest BCUT2D eigenvalue weighted by molar-refractivity contribution is 7.92. The molecule has 0 aromatic heterocycles. The summed E-state index contributed by atoms with van der Waals surface area (Å²) in [6.07, 6.45) is 1.85. The third kappa shape index (κ3) is 8.13. The summed E-state index contributed by atoms with van der Waals surface area (Å²) in [5, 5.41) is 2.99. The van der Waals surface area contributed by atoms with Crippen LogP contribution in [0.1, 0.15) is 37.0 Å².